The predicted molar refractivity (Wildman–Crippen MR) is 104 cm³/mol. The van der Waals surface area contributed by atoms with Gasteiger partial charge in [-0.05, 0) is 38.2 Å². The summed E-state index contributed by atoms with van der Waals surface area (Å²) in [7, 11) is 0. The van der Waals surface area contributed by atoms with E-state index in [0.717, 1.165) is 36.1 Å². The van der Waals surface area contributed by atoms with Crippen LogP contribution in [0.5, 0.6) is 0 Å². The van der Waals surface area contributed by atoms with E-state index in [0.29, 0.717) is 15.5 Å². The standard InChI is InChI=1S/C18H17N3O4S2/c1-2-25-17(24)13-10-5-3-4-6-12(10)27-15(13)20-14(22)11-9-19-18-21(16(11)23)7-8-26-18/h7-9H,2-6H2,1H3,(H,20,22). The Kier molecular flexibility index (Phi) is 4.79. The summed E-state index contributed by atoms with van der Waals surface area (Å²) in [6.07, 6.45) is 6.60. The lowest BCUT2D eigenvalue weighted by molar-refractivity contribution is 0.0526. The number of nitrogens with one attached hydrogen (secondary N) is 1. The van der Waals surface area contributed by atoms with Crippen LogP contribution in [0.4, 0.5) is 5.00 Å². The van der Waals surface area contributed by atoms with Gasteiger partial charge in [0.2, 0.25) is 0 Å². The molecule has 1 amide bonds. The summed E-state index contributed by atoms with van der Waals surface area (Å²) in [6, 6.07) is 0. The number of aryl methyl sites for hydroxylation is 1. The molecule has 140 valence electrons. The minimum Gasteiger partial charge on any atom is -0.462 e. The van der Waals surface area contributed by atoms with Crippen LogP contribution >= 0.6 is 22.7 Å². The van der Waals surface area contributed by atoms with Crippen LogP contribution in [0.3, 0.4) is 0 Å². The van der Waals surface area contributed by atoms with Crippen molar-refractivity contribution in [3.63, 3.8) is 0 Å². The first-order chi connectivity index (χ1) is 13.1. The number of ether oxygens (including phenoxy) is 1. The molecule has 0 unspecified atom stereocenters. The third kappa shape index (κ3) is 3.17. The van der Waals surface area contributed by atoms with Crippen LogP contribution in [0.2, 0.25) is 0 Å². The molecule has 1 N–H and O–H groups in total. The van der Waals surface area contributed by atoms with Crippen molar-refractivity contribution >= 4 is 44.5 Å². The van der Waals surface area contributed by atoms with Gasteiger partial charge in [-0.2, -0.15) is 0 Å². The molecule has 3 aromatic rings. The van der Waals surface area contributed by atoms with E-state index < -0.39 is 17.4 Å². The van der Waals surface area contributed by atoms with E-state index in [9.17, 15) is 14.4 Å². The van der Waals surface area contributed by atoms with Crippen LogP contribution in [0, 0.1) is 0 Å². The first kappa shape index (κ1) is 17.9. The van der Waals surface area contributed by atoms with Crippen LogP contribution in [-0.2, 0) is 17.6 Å². The van der Waals surface area contributed by atoms with Crippen molar-refractivity contribution in [1.82, 2.24) is 9.38 Å². The van der Waals surface area contributed by atoms with Gasteiger partial charge in [-0.15, -0.1) is 22.7 Å². The van der Waals surface area contributed by atoms with Crippen molar-refractivity contribution in [2.75, 3.05) is 11.9 Å². The number of aromatic nitrogens is 2. The molecule has 0 aliphatic heterocycles. The number of fused-ring (bicyclic) bond motifs is 2. The number of carbonyl (C=O) groups is 2. The van der Waals surface area contributed by atoms with Crippen LogP contribution in [0.1, 0.15) is 50.9 Å². The van der Waals surface area contributed by atoms with Crippen LogP contribution in [-0.4, -0.2) is 27.9 Å². The van der Waals surface area contributed by atoms with Crippen molar-refractivity contribution < 1.29 is 14.3 Å². The molecule has 7 nitrogen and oxygen atoms in total. The zero-order chi connectivity index (χ0) is 19.0. The van der Waals surface area contributed by atoms with E-state index in [1.165, 1.54) is 33.3 Å². The number of anilines is 1. The fourth-order valence-electron chi connectivity index (χ4n) is 3.22. The fourth-order valence-corrected chi connectivity index (χ4v) is 5.17. The molecule has 0 radical (unpaired) electrons. The van der Waals surface area contributed by atoms with Gasteiger partial charge in [0.25, 0.3) is 11.5 Å². The van der Waals surface area contributed by atoms with Gasteiger partial charge in [0, 0.05) is 22.7 Å². The quantitative estimate of drug-likeness (QED) is 0.676. The predicted octanol–water partition coefficient (Wildman–Crippen LogP) is 3.13. The molecule has 27 heavy (non-hydrogen) atoms. The topological polar surface area (TPSA) is 89.8 Å². The molecule has 9 heteroatoms. The third-order valence-corrected chi connectivity index (χ3v) is 6.44. The highest BCUT2D eigenvalue weighted by Crippen LogP contribution is 2.38. The summed E-state index contributed by atoms with van der Waals surface area (Å²) in [4.78, 5) is 43.5. The maximum Gasteiger partial charge on any atom is 0.341 e. The number of carbonyl (C=O) groups excluding carboxylic acids is 2. The number of hydrogen-bond acceptors (Lipinski definition) is 7. The van der Waals surface area contributed by atoms with Gasteiger partial charge < -0.3 is 10.1 Å². The molecule has 0 spiro atoms. The molecule has 0 saturated heterocycles. The third-order valence-electron chi connectivity index (χ3n) is 4.47. The Morgan fingerprint density at radius 2 is 2.15 bits per heavy atom. The van der Waals surface area contributed by atoms with E-state index in [4.69, 9.17) is 4.74 Å². The number of nitrogens with zero attached hydrogens (tertiary/aromatic N) is 2. The molecule has 0 saturated carbocycles. The zero-order valence-corrected chi connectivity index (χ0v) is 16.2. The molecule has 4 rings (SSSR count). The monoisotopic (exact) mass is 403 g/mol. The Morgan fingerprint density at radius 1 is 1.33 bits per heavy atom. The maximum absolute atomic E-state index is 12.7. The Labute approximate surface area is 162 Å². The van der Waals surface area contributed by atoms with Gasteiger partial charge in [0.1, 0.15) is 10.6 Å². The van der Waals surface area contributed by atoms with Crippen LogP contribution in [0.15, 0.2) is 22.6 Å². The Morgan fingerprint density at radius 3 is 2.96 bits per heavy atom. The fraction of sp³-hybridized carbons (Fsp3) is 0.333. The molecule has 1 aliphatic rings. The van der Waals surface area contributed by atoms with E-state index in [1.807, 2.05) is 0 Å². The second-order valence-electron chi connectivity index (χ2n) is 6.12. The highest BCUT2D eigenvalue weighted by Gasteiger charge is 2.28. The smallest absolute Gasteiger partial charge is 0.341 e. The first-order valence-electron chi connectivity index (χ1n) is 8.68. The summed E-state index contributed by atoms with van der Waals surface area (Å²) < 4.78 is 6.53. The van der Waals surface area contributed by atoms with E-state index in [2.05, 4.69) is 10.3 Å². The van der Waals surface area contributed by atoms with Crippen molar-refractivity contribution in [2.45, 2.75) is 32.6 Å². The lowest BCUT2D eigenvalue weighted by Gasteiger charge is -2.12. The Balaban J connectivity index is 1.72. The molecule has 3 heterocycles. The van der Waals surface area contributed by atoms with Crippen molar-refractivity contribution in [3.05, 3.63) is 49.7 Å². The lowest BCUT2D eigenvalue weighted by Crippen LogP contribution is -2.26. The summed E-state index contributed by atoms with van der Waals surface area (Å²) in [5, 5.41) is 4.93. The number of thiazole rings is 1. The SMILES string of the molecule is CCOC(=O)c1c(NC(=O)c2cnc3sccn3c2=O)sc2c1CCCC2. The maximum atomic E-state index is 12.7. The zero-order valence-electron chi connectivity index (χ0n) is 14.6. The van der Waals surface area contributed by atoms with E-state index in [1.54, 1.807) is 18.5 Å². The average molecular weight is 403 g/mol. The van der Waals surface area contributed by atoms with Crippen molar-refractivity contribution in [3.8, 4) is 0 Å². The number of esters is 1. The normalized spacial score (nSPS) is 13.4. The van der Waals surface area contributed by atoms with Crippen LogP contribution < -0.4 is 10.9 Å². The highest BCUT2D eigenvalue weighted by molar-refractivity contribution is 7.17. The van der Waals surface area contributed by atoms with Gasteiger partial charge in [-0.25, -0.2) is 9.78 Å². The van der Waals surface area contributed by atoms with Gasteiger partial charge in [0.05, 0.1) is 12.2 Å². The summed E-state index contributed by atoms with van der Waals surface area (Å²) in [5.74, 6) is -1.01. The molecule has 1 aliphatic carbocycles. The van der Waals surface area contributed by atoms with Gasteiger partial charge >= 0.3 is 5.97 Å². The number of thiophene rings is 1. The van der Waals surface area contributed by atoms with Crippen molar-refractivity contribution in [2.24, 2.45) is 0 Å². The highest BCUT2D eigenvalue weighted by atomic mass is 32.1. The largest absolute Gasteiger partial charge is 0.462 e. The number of amides is 1. The van der Waals surface area contributed by atoms with Gasteiger partial charge in [-0.1, -0.05) is 0 Å². The minimum absolute atomic E-state index is 0.0629. The van der Waals surface area contributed by atoms with E-state index >= 15 is 0 Å². The van der Waals surface area contributed by atoms with E-state index in [-0.39, 0.29) is 12.2 Å². The Hall–Kier alpha value is -2.52. The molecular formula is C18H17N3O4S2. The second-order valence-corrected chi connectivity index (χ2v) is 8.10. The average Bonchev–Trinajstić information content (AvgIpc) is 3.26. The van der Waals surface area contributed by atoms with Gasteiger partial charge in [-0.3, -0.25) is 14.0 Å². The van der Waals surface area contributed by atoms with Crippen LogP contribution in [0.25, 0.3) is 4.96 Å². The molecule has 0 atom stereocenters. The number of hydrogen-bond donors (Lipinski definition) is 1. The van der Waals surface area contributed by atoms with Crippen molar-refractivity contribution in [1.29, 1.82) is 0 Å². The second kappa shape index (κ2) is 7.24. The molecule has 0 aromatic carbocycles. The summed E-state index contributed by atoms with van der Waals surface area (Å²) >= 11 is 2.71. The Bertz CT molecular complexity index is 1100. The van der Waals surface area contributed by atoms with Gasteiger partial charge in [0.15, 0.2) is 4.96 Å². The molecule has 0 fully saturated rings. The first-order valence-corrected chi connectivity index (χ1v) is 10.4. The molecular weight excluding hydrogens is 386 g/mol. The minimum atomic E-state index is -0.572. The lowest BCUT2D eigenvalue weighted by atomic mass is 9.95. The summed E-state index contributed by atoms with van der Waals surface area (Å²) in [6.45, 7) is 2.01. The molecule has 3 aromatic heterocycles. The molecule has 0 bridgehead atoms. The summed E-state index contributed by atoms with van der Waals surface area (Å²) in [5.41, 5.74) is 0.891. The number of rotatable bonds is 4.